The number of rotatable bonds is 10. The van der Waals surface area contributed by atoms with Gasteiger partial charge in [0.2, 0.25) is 12.4 Å². The summed E-state index contributed by atoms with van der Waals surface area (Å²) in [6.07, 6.45) is -9.77. The van der Waals surface area contributed by atoms with Crippen molar-refractivity contribution in [2.24, 2.45) is 0 Å². The van der Waals surface area contributed by atoms with Gasteiger partial charge in [-0.25, -0.2) is 9.59 Å². The maximum Gasteiger partial charge on any atom is 0.511 e. The van der Waals surface area contributed by atoms with Gasteiger partial charge in [-0.3, -0.25) is 0 Å². The van der Waals surface area contributed by atoms with Crippen molar-refractivity contribution >= 4 is 41.4 Å². The first-order chi connectivity index (χ1) is 15.9. The molecule has 0 amide bonds. The molecule has 1 aromatic rings. The van der Waals surface area contributed by atoms with Crippen LogP contribution in [0.1, 0.15) is 12.5 Å². The molecule has 1 aromatic carbocycles. The minimum Gasteiger partial charge on any atom is -0.474 e. The standard InChI is InChI=1S/C18H16Cl2F3NO10/c1-9(33-17(26)30-4-2-29-3-5-31-24(27)28)32-16(25)12-7-10-6-11(19)8-13(20)14(10)34-15(12)18(21,22)23/h6-9,15H,2-5H2,1H3/t9?,15-/m0/s1. The predicted octanol–water partition coefficient (Wildman–Crippen LogP) is 3.97. The summed E-state index contributed by atoms with van der Waals surface area (Å²) in [7, 11) is 0. The highest BCUT2D eigenvalue weighted by molar-refractivity contribution is 6.36. The molecule has 1 aliphatic rings. The van der Waals surface area contributed by atoms with Gasteiger partial charge in [-0.05, 0) is 18.2 Å². The van der Waals surface area contributed by atoms with E-state index in [1.807, 2.05) is 0 Å². The molecule has 0 radical (unpaired) electrons. The third-order valence-corrected chi connectivity index (χ3v) is 4.31. The van der Waals surface area contributed by atoms with Gasteiger partial charge in [0.15, 0.2) is 0 Å². The van der Waals surface area contributed by atoms with Crippen LogP contribution in [0.3, 0.4) is 0 Å². The van der Waals surface area contributed by atoms with Crippen molar-refractivity contribution in [3.8, 4) is 5.75 Å². The van der Waals surface area contributed by atoms with Crippen LogP contribution in [0.5, 0.6) is 5.75 Å². The number of ether oxygens (including phenoxy) is 5. The van der Waals surface area contributed by atoms with Gasteiger partial charge in [-0.15, -0.1) is 10.1 Å². The Kier molecular flexibility index (Phi) is 9.58. The topological polar surface area (TPSA) is 133 Å². The molecule has 16 heteroatoms. The fraction of sp³-hybridized carbons (Fsp3) is 0.444. The second kappa shape index (κ2) is 11.9. The molecule has 1 unspecified atom stereocenters. The number of halogens is 5. The Bertz CT molecular complexity index is 957. The monoisotopic (exact) mass is 533 g/mol. The SMILES string of the molecule is CC(OC(=O)OCCOCCO[N+](=O)[O-])OC(=O)C1=Cc2cc(Cl)cc(Cl)c2O[C@@H]1C(F)(F)F. The zero-order chi connectivity index (χ0) is 25.5. The van der Waals surface area contributed by atoms with Crippen LogP contribution in [0.4, 0.5) is 18.0 Å². The number of hydrogen-bond donors (Lipinski definition) is 0. The van der Waals surface area contributed by atoms with Crippen LogP contribution in [-0.2, 0) is 28.6 Å². The van der Waals surface area contributed by atoms with Crippen LogP contribution < -0.4 is 4.74 Å². The van der Waals surface area contributed by atoms with Gasteiger partial charge in [-0.1, -0.05) is 23.2 Å². The summed E-state index contributed by atoms with van der Waals surface area (Å²) in [5, 5.41) is 8.84. The Labute approximate surface area is 199 Å². The third-order valence-electron chi connectivity index (χ3n) is 3.81. The molecule has 1 aliphatic heterocycles. The van der Waals surface area contributed by atoms with Crippen LogP contribution in [0.2, 0.25) is 10.0 Å². The fourth-order valence-corrected chi connectivity index (χ4v) is 3.07. The molecule has 0 saturated carbocycles. The second-order valence-corrected chi connectivity index (χ2v) is 7.15. The van der Waals surface area contributed by atoms with Crippen LogP contribution >= 0.6 is 23.2 Å². The molecular formula is C18H16Cl2F3NO10. The molecule has 0 N–H and O–H groups in total. The van der Waals surface area contributed by atoms with Crippen molar-refractivity contribution in [1.29, 1.82) is 0 Å². The molecule has 0 bridgehead atoms. The van der Waals surface area contributed by atoms with Crippen molar-refractivity contribution in [1.82, 2.24) is 0 Å². The maximum atomic E-state index is 13.5. The van der Waals surface area contributed by atoms with Gasteiger partial charge >= 0.3 is 18.3 Å². The van der Waals surface area contributed by atoms with E-state index in [4.69, 9.17) is 37.4 Å². The van der Waals surface area contributed by atoms with Crippen LogP contribution in [0.15, 0.2) is 17.7 Å². The lowest BCUT2D eigenvalue weighted by Crippen LogP contribution is -2.41. The molecular weight excluding hydrogens is 518 g/mol. The van der Waals surface area contributed by atoms with Crippen molar-refractivity contribution < 1.29 is 56.4 Å². The normalized spacial score (nSPS) is 15.8. The number of hydrogen-bond acceptors (Lipinski definition) is 10. The van der Waals surface area contributed by atoms with E-state index in [0.717, 1.165) is 13.0 Å². The summed E-state index contributed by atoms with van der Waals surface area (Å²) in [5.74, 6) is -1.79. The van der Waals surface area contributed by atoms with E-state index < -0.39 is 41.4 Å². The zero-order valence-electron chi connectivity index (χ0n) is 17.1. The van der Waals surface area contributed by atoms with Gasteiger partial charge in [0.25, 0.3) is 5.09 Å². The first-order valence-electron chi connectivity index (χ1n) is 9.22. The minimum atomic E-state index is -5.00. The van der Waals surface area contributed by atoms with Crippen molar-refractivity contribution in [3.63, 3.8) is 0 Å². The van der Waals surface area contributed by atoms with E-state index >= 15 is 0 Å². The van der Waals surface area contributed by atoms with Crippen LogP contribution in [0, 0.1) is 10.1 Å². The van der Waals surface area contributed by atoms with Crippen LogP contribution in [0.25, 0.3) is 6.08 Å². The Hall–Kier alpha value is -2.97. The van der Waals surface area contributed by atoms with Crippen molar-refractivity contribution in [3.05, 3.63) is 43.4 Å². The number of esters is 1. The van der Waals surface area contributed by atoms with E-state index in [9.17, 15) is 32.9 Å². The molecule has 2 rings (SSSR count). The summed E-state index contributed by atoms with van der Waals surface area (Å²) < 4.78 is 64.3. The Morgan fingerprint density at radius 3 is 2.50 bits per heavy atom. The first-order valence-corrected chi connectivity index (χ1v) is 9.97. The van der Waals surface area contributed by atoms with Gasteiger partial charge < -0.3 is 28.5 Å². The molecule has 2 atom stereocenters. The van der Waals surface area contributed by atoms with Crippen LogP contribution in [-0.4, -0.2) is 62.2 Å². The van der Waals surface area contributed by atoms with Gasteiger partial charge in [0, 0.05) is 17.5 Å². The lowest BCUT2D eigenvalue weighted by Gasteiger charge is -2.29. The molecule has 188 valence electrons. The first kappa shape index (κ1) is 27.3. The molecule has 11 nitrogen and oxygen atoms in total. The fourth-order valence-electron chi connectivity index (χ4n) is 2.51. The van der Waals surface area contributed by atoms with E-state index in [1.165, 1.54) is 12.1 Å². The largest absolute Gasteiger partial charge is 0.511 e. The molecule has 1 heterocycles. The smallest absolute Gasteiger partial charge is 0.474 e. The highest BCUT2D eigenvalue weighted by Gasteiger charge is 2.49. The van der Waals surface area contributed by atoms with Gasteiger partial charge in [0.05, 0.1) is 23.8 Å². The summed E-state index contributed by atoms with van der Waals surface area (Å²) in [6, 6.07) is 2.42. The number of nitrogens with zero attached hydrogens (tertiary/aromatic N) is 1. The highest BCUT2D eigenvalue weighted by atomic mass is 35.5. The summed E-state index contributed by atoms with van der Waals surface area (Å²) in [6.45, 7) is 0.104. The summed E-state index contributed by atoms with van der Waals surface area (Å²) in [4.78, 5) is 37.9. The zero-order valence-corrected chi connectivity index (χ0v) is 18.6. The Balaban J connectivity index is 1.92. The van der Waals surface area contributed by atoms with E-state index in [-0.39, 0.29) is 47.8 Å². The lowest BCUT2D eigenvalue weighted by atomic mass is 10.0. The molecule has 0 fully saturated rings. The molecule has 0 spiro atoms. The van der Waals surface area contributed by atoms with Gasteiger partial charge in [-0.2, -0.15) is 13.2 Å². The number of carbonyl (C=O) groups excluding carboxylic acids is 2. The summed E-state index contributed by atoms with van der Waals surface area (Å²) >= 11 is 11.7. The van der Waals surface area contributed by atoms with E-state index in [1.54, 1.807) is 0 Å². The lowest BCUT2D eigenvalue weighted by molar-refractivity contribution is -0.758. The van der Waals surface area contributed by atoms with E-state index in [0.29, 0.717) is 0 Å². The minimum absolute atomic E-state index is 0.0153. The number of carbonyl (C=O) groups is 2. The maximum absolute atomic E-state index is 13.5. The Morgan fingerprint density at radius 1 is 1.18 bits per heavy atom. The average Bonchev–Trinajstić information content (AvgIpc) is 2.70. The molecule has 0 saturated heterocycles. The molecule has 34 heavy (non-hydrogen) atoms. The van der Waals surface area contributed by atoms with E-state index in [2.05, 4.69) is 14.3 Å². The van der Waals surface area contributed by atoms with Crippen molar-refractivity contribution in [2.45, 2.75) is 25.5 Å². The third kappa shape index (κ3) is 8.11. The number of alkyl halides is 3. The average molecular weight is 534 g/mol. The Morgan fingerprint density at radius 2 is 1.85 bits per heavy atom. The van der Waals surface area contributed by atoms with Crippen molar-refractivity contribution in [2.75, 3.05) is 26.4 Å². The number of fused-ring (bicyclic) bond motifs is 1. The van der Waals surface area contributed by atoms with Gasteiger partial charge in [0.1, 0.15) is 19.0 Å². The molecule has 0 aliphatic carbocycles. The second-order valence-electron chi connectivity index (χ2n) is 6.30. The number of benzene rings is 1. The molecule has 0 aromatic heterocycles. The summed E-state index contributed by atoms with van der Waals surface area (Å²) in [5.41, 5.74) is -0.908. The quantitative estimate of drug-likeness (QED) is 0.143. The highest BCUT2D eigenvalue weighted by Crippen LogP contribution is 2.42. The predicted molar refractivity (Wildman–Crippen MR) is 107 cm³/mol.